The third-order valence-corrected chi connectivity index (χ3v) is 5.81. The quantitative estimate of drug-likeness (QED) is 0.544. The van der Waals surface area contributed by atoms with Gasteiger partial charge in [0, 0.05) is 36.1 Å². The molecule has 8 nitrogen and oxygen atoms in total. The summed E-state index contributed by atoms with van der Waals surface area (Å²) in [4.78, 5) is 32.3. The second-order valence-electron chi connectivity index (χ2n) is 7.70. The van der Waals surface area contributed by atoms with Crippen molar-refractivity contribution in [3.05, 3.63) is 49.6 Å². The third-order valence-electron chi connectivity index (χ3n) is 5.81. The Morgan fingerprint density at radius 3 is 2.70 bits per heavy atom. The van der Waals surface area contributed by atoms with Crippen molar-refractivity contribution in [2.45, 2.75) is 38.6 Å². The predicted molar refractivity (Wildman–Crippen MR) is 114 cm³/mol. The van der Waals surface area contributed by atoms with Gasteiger partial charge < -0.3 is 20.3 Å². The van der Waals surface area contributed by atoms with E-state index in [1.165, 1.54) is 6.92 Å². The largest absolute Gasteiger partial charge is 0.481 e. The van der Waals surface area contributed by atoms with Gasteiger partial charge in [-0.25, -0.2) is 4.98 Å². The fourth-order valence-electron chi connectivity index (χ4n) is 4.19. The van der Waals surface area contributed by atoms with Crippen LogP contribution in [0.4, 0.5) is 17.3 Å². The van der Waals surface area contributed by atoms with Crippen LogP contribution in [0, 0.1) is 12.3 Å². The van der Waals surface area contributed by atoms with E-state index in [4.69, 9.17) is 0 Å². The number of fused-ring (bicyclic) bond motifs is 1. The number of rotatable bonds is 7. The minimum atomic E-state index is -0.793. The van der Waals surface area contributed by atoms with Crippen LogP contribution in [0.3, 0.4) is 0 Å². The Hall–Kier alpha value is -3.42. The fraction of sp³-hybridized carbons (Fsp3) is 0.318. The molecule has 3 aromatic rings. The highest BCUT2D eigenvalue weighted by Crippen LogP contribution is 2.51. The van der Waals surface area contributed by atoms with Crippen LogP contribution in [0.2, 0.25) is 0 Å². The van der Waals surface area contributed by atoms with E-state index in [-0.39, 0.29) is 11.9 Å². The van der Waals surface area contributed by atoms with Gasteiger partial charge in [0.25, 0.3) is 0 Å². The van der Waals surface area contributed by atoms with E-state index in [1.807, 2.05) is 29.0 Å². The molecule has 1 saturated carbocycles. The lowest BCUT2D eigenvalue weighted by molar-refractivity contribution is -0.158. The Balaban J connectivity index is 1.66. The van der Waals surface area contributed by atoms with Gasteiger partial charge in [-0.1, -0.05) is 19.4 Å². The molecule has 1 fully saturated rings. The van der Waals surface area contributed by atoms with E-state index in [0.717, 1.165) is 17.5 Å². The number of benzene rings is 1. The van der Waals surface area contributed by atoms with E-state index in [2.05, 4.69) is 27.5 Å². The summed E-state index contributed by atoms with van der Waals surface area (Å²) in [5.41, 5.74) is 1.28. The van der Waals surface area contributed by atoms with Gasteiger partial charge in [-0.15, -0.1) is 0 Å². The molecule has 1 amide bonds. The number of anilines is 3. The van der Waals surface area contributed by atoms with Gasteiger partial charge in [0.05, 0.1) is 11.5 Å². The fourth-order valence-corrected chi connectivity index (χ4v) is 4.19. The first-order valence-electron chi connectivity index (χ1n) is 9.94. The lowest BCUT2D eigenvalue weighted by Crippen LogP contribution is -2.45. The Morgan fingerprint density at radius 2 is 2.07 bits per heavy atom. The number of amides is 1. The molecular weight excluding hydrogens is 382 g/mol. The molecule has 0 saturated heterocycles. The van der Waals surface area contributed by atoms with Crippen LogP contribution < -0.4 is 10.6 Å². The first-order valence-corrected chi connectivity index (χ1v) is 9.94. The molecule has 1 radical (unpaired) electrons. The molecule has 1 unspecified atom stereocenters. The van der Waals surface area contributed by atoms with E-state index in [0.29, 0.717) is 36.5 Å². The molecule has 4 rings (SSSR count). The lowest BCUT2D eigenvalue weighted by Gasteiger charge is -2.44. The van der Waals surface area contributed by atoms with E-state index in [9.17, 15) is 14.7 Å². The summed E-state index contributed by atoms with van der Waals surface area (Å²) in [6.07, 6.45) is 6.26. The van der Waals surface area contributed by atoms with Crippen LogP contribution in [-0.2, 0) is 9.59 Å². The summed E-state index contributed by atoms with van der Waals surface area (Å²) in [5, 5.41) is 16.6. The van der Waals surface area contributed by atoms with Crippen molar-refractivity contribution < 1.29 is 14.7 Å². The molecule has 1 atom stereocenters. The van der Waals surface area contributed by atoms with Gasteiger partial charge in [-0.2, -0.15) is 4.98 Å². The van der Waals surface area contributed by atoms with Crippen molar-refractivity contribution in [1.29, 1.82) is 0 Å². The molecule has 0 bridgehead atoms. The number of aromatic nitrogens is 3. The predicted octanol–water partition coefficient (Wildman–Crippen LogP) is 4.15. The molecule has 30 heavy (non-hydrogen) atoms. The minimum absolute atomic E-state index is 0.148. The summed E-state index contributed by atoms with van der Waals surface area (Å²) in [5.74, 6) is -0.528. The highest BCUT2D eigenvalue weighted by molar-refractivity contribution is 5.89. The molecule has 0 aliphatic heterocycles. The molecule has 1 aromatic carbocycles. The van der Waals surface area contributed by atoms with Crippen LogP contribution >= 0.6 is 0 Å². The number of aliphatic carboxylic acids is 1. The number of carboxylic acid groups (broad SMARTS) is 1. The van der Waals surface area contributed by atoms with Gasteiger partial charge in [0.2, 0.25) is 11.9 Å². The van der Waals surface area contributed by atoms with Crippen LogP contribution in [0.15, 0.2) is 42.7 Å². The normalized spacial score (nSPS) is 15.9. The molecule has 2 aromatic heterocycles. The molecule has 1 aliphatic carbocycles. The second-order valence-corrected chi connectivity index (χ2v) is 7.70. The zero-order valence-electron chi connectivity index (χ0n) is 16.8. The number of nitrogens with zero attached hydrogens (tertiary/aromatic N) is 3. The summed E-state index contributed by atoms with van der Waals surface area (Å²) in [6, 6.07) is 8.89. The molecule has 1 aliphatic rings. The number of nitrogens with one attached hydrogen (secondary N) is 2. The van der Waals surface area contributed by atoms with Crippen molar-refractivity contribution >= 4 is 40.2 Å². The van der Waals surface area contributed by atoms with Crippen LogP contribution in [0.25, 0.3) is 11.0 Å². The molecule has 8 heteroatoms. The average molecular weight is 406 g/mol. The Bertz CT molecular complexity index is 1100. The van der Waals surface area contributed by atoms with Crippen molar-refractivity contribution in [2.24, 2.45) is 5.41 Å². The minimum Gasteiger partial charge on any atom is -0.481 e. The lowest BCUT2D eigenvalue weighted by atomic mass is 9.63. The standard InChI is InChI=1S/C22H24N5O3/c1-3-18(22(20(29)30)9-5-10-22)27-11-8-15-13-23-21(26-19(15)27)25-17-7-4-6-16(12-17)24-14(2)28/h4,6-8,11-13,18H,1,3,5,9-10H2,2H3,(H,24,28)(H,29,30)(H,23,25,26). The van der Waals surface area contributed by atoms with Crippen LogP contribution in [0.5, 0.6) is 0 Å². The first kappa shape index (κ1) is 19.9. The number of hydrogen-bond acceptors (Lipinski definition) is 5. The SMILES string of the molecule is [CH2]CC(n1ccc2cnc(Nc3cccc(NC(C)=O)c3)nc21)C1(C(=O)O)CCC1. The second kappa shape index (κ2) is 7.78. The zero-order chi connectivity index (χ0) is 21.3. The van der Waals surface area contributed by atoms with Gasteiger partial charge in [0.15, 0.2) is 0 Å². The average Bonchev–Trinajstić information content (AvgIpc) is 3.07. The number of carbonyl (C=O) groups is 2. The third kappa shape index (κ3) is 3.49. The summed E-state index contributed by atoms with van der Waals surface area (Å²) < 4.78 is 1.93. The van der Waals surface area contributed by atoms with E-state index >= 15 is 0 Å². The monoisotopic (exact) mass is 406 g/mol. The van der Waals surface area contributed by atoms with Gasteiger partial charge in [0.1, 0.15) is 5.65 Å². The van der Waals surface area contributed by atoms with Crippen molar-refractivity contribution in [3.63, 3.8) is 0 Å². The summed E-state index contributed by atoms with van der Waals surface area (Å²) in [6.45, 7) is 5.48. The summed E-state index contributed by atoms with van der Waals surface area (Å²) >= 11 is 0. The Labute approximate surface area is 174 Å². The first-order chi connectivity index (χ1) is 14.4. The van der Waals surface area contributed by atoms with Crippen molar-refractivity contribution in [1.82, 2.24) is 14.5 Å². The Morgan fingerprint density at radius 1 is 1.30 bits per heavy atom. The topological polar surface area (TPSA) is 109 Å². The maximum Gasteiger partial charge on any atom is 0.311 e. The molecular formula is C22H24N5O3. The van der Waals surface area contributed by atoms with Crippen LogP contribution in [-0.4, -0.2) is 31.5 Å². The number of hydrogen-bond donors (Lipinski definition) is 3. The molecule has 0 spiro atoms. The van der Waals surface area contributed by atoms with Gasteiger partial charge in [-0.05, 0) is 43.5 Å². The maximum atomic E-state index is 12.0. The Kier molecular flexibility index (Phi) is 5.15. The van der Waals surface area contributed by atoms with Gasteiger partial charge in [-0.3, -0.25) is 9.59 Å². The highest BCUT2D eigenvalue weighted by atomic mass is 16.4. The molecule has 3 N–H and O–H groups in total. The van der Waals surface area contributed by atoms with Crippen molar-refractivity contribution in [2.75, 3.05) is 10.6 Å². The van der Waals surface area contributed by atoms with Crippen LogP contribution in [0.1, 0.15) is 38.6 Å². The van der Waals surface area contributed by atoms with E-state index < -0.39 is 11.4 Å². The summed E-state index contributed by atoms with van der Waals surface area (Å²) in [7, 11) is 0. The maximum absolute atomic E-state index is 12.0. The number of carbonyl (C=O) groups excluding carboxylic acids is 1. The van der Waals surface area contributed by atoms with Gasteiger partial charge >= 0.3 is 5.97 Å². The zero-order valence-corrected chi connectivity index (χ0v) is 16.8. The van der Waals surface area contributed by atoms with E-state index in [1.54, 1.807) is 18.3 Å². The van der Waals surface area contributed by atoms with Crippen molar-refractivity contribution in [3.8, 4) is 0 Å². The molecule has 155 valence electrons. The molecule has 2 heterocycles. The highest BCUT2D eigenvalue weighted by Gasteiger charge is 2.51. The smallest absolute Gasteiger partial charge is 0.311 e. The number of carboxylic acids is 1.